The molecule has 102 valence electrons. The average Bonchev–Trinajstić information content (AvgIpc) is 2.75. The third-order valence-electron chi connectivity index (χ3n) is 3.39. The summed E-state index contributed by atoms with van der Waals surface area (Å²) in [6.07, 6.45) is 0. The Morgan fingerprint density at radius 1 is 1.58 bits per heavy atom. The Hall–Kier alpha value is -1.31. The molecule has 2 aromatic heterocycles. The lowest BCUT2D eigenvalue weighted by Gasteiger charge is -2.32. The summed E-state index contributed by atoms with van der Waals surface area (Å²) in [7, 11) is 0. The molecule has 2 aromatic rings. The molecule has 0 spiro atoms. The molecule has 1 aliphatic heterocycles. The molecule has 0 aliphatic carbocycles. The quantitative estimate of drug-likeness (QED) is 0.854. The molecule has 0 bridgehead atoms. The van der Waals surface area contributed by atoms with Crippen molar-refractivity contribution >= 4 is 16.3 Å². The molecule has 0 amide bonds. The summed E-state index contributed by atoms with van der Waals surface area (Å²) in [6.45, 7) is 7.84. The first-order valence-corrected chi connectivity index (χ1v) is 7.26. The molecule has 0 saturated carbocycles. The zero-order valence-corrected chi connectivity index (χ0v) is 11.9. The van der Waals surface area contributed by atoms with E-state index in [1.165, 1.54) is 21.9 Å². The molecule has 3 rings (SSSR count). The van der Waals surface area contributed by atoms with Gasteiger partial charge in [-0.25, -0.2) is 4.98 Å². The number of piperazine rings is 1. The predicted molar refractivity (Wildman–Crippen MR) is 74.6 cm³/mol. The summed E-state index contributed by atoms with van der Waals surface area (Å²) >= 11 is 1.50. The fourth-order valence-corrected chi connectivity index (χ4v) is 3.29. The highest BCUT2D eigenvalue weighted by atomic mass is 32.1. The van der Waals surface area contributed by atoms with Gasteiger partial charge in [0.2, 0.25) is 4.96 Å². The molecule has 0 radical (unpaired) electrons. The van der Waals surface area contributed by atoms with Crippen LogP contribution in [0.4, 0.5) is 0 Å². The Bertz CT molecular complexity index is 649. The van der Waals surface area contributed by atoms with Crippen LogP contribution in [0.15, 0.2) is 10.9 Å². The summed E-state index contributed by atoms with van der Waals surface area (Å²) < 4.78 is 1.40. The molecular weight excluding hydrogens is 262 g/mol. The molecule has 1 atom stereocenters. The van der Waals surface area contributed by atoms with E-state index in [1.54, 1.807) is 0 Å². The van der Waals surface area contributed by atoms with Crippen molar-refractivity contribution in [2.45, 2.75) is 26.4 Å². The highest BCUT2D eigenvalue weighted by Crippen LogP contribution is 2.15. The summed E-state index contributed by atoms with van der Waals surface area (Å²) in [5, 5.41) is 8.70. The van der Waals surface area contributed by atoms with Crippen molar-refractivity contribution in [2.75, 3.05) is 19.6 Å². The second kappa shape index (κ2) is 4.99. The molecule has 0 aromatic carbocycles. The van der Waals surface area contributed by atoms with E-state index < -0.39 is 0 Å². The summed E-state index contributed by atoms with van der Waals surface area (Å²) in [4.78, 5) is 19.2. The highest BCUT2D eigenvalue weighted by Gasteiger charge is 2.19. The number of nitrogens with one attached hydrogen (secondary N) is 1. The van der Waals surface area contributed by atoms with Gasteiger partial charge in [-0.3, -0.25) is 9.69 Å². The first-order chi connectivity index (χ1) is 9.13. The van der Waals surface area contributed by atoms with Gasteiger partial charge in [0, 0.05) is 37.4 Å². The van der Waals surface area contributed by atoms with Crippen molar-refractivity contribution in [3.8, 4) is 0 Å². The van der Waals surface area contributed by atoms with Crippen LogP contribution in [0, 0.1) is 6.92 Å². The minimum Gasteiger partial charge on any atom is -0.314 e. The van der Waals surface area contributed by atoms with E-state index in [4.69, 9.17) is 0 Å². The minimum absolute atomic E-state index is 0.0987. The van der Waals surface area contributed by atoms with Crippen molar-refractivity contribution in [3.05, 3.63) is 27.1 Å². The van der Waals surface area contributed by atoms with E-state index in [0.717, 1.165) is 36.9 Å². The van der Waals surface area contributed by atoms with Gasteiger partial charge in [0.15, 0.2) is 0 Å². The topological polar surface area (TPSA) is 62.5 Å². The van der Waals surface area contributed by atoms with Gasteiger partial charge in [-0.05, 0) is 13.8 Å². The van der Waals surface area contributed by atoms with Gasteiger partial charge in [0.1, 0.15) is 5.01 Å². The fraction of sp³-hybridized carbons (Fsp3) is 0.583. The van der Waals surface area contributed by atoms with Crippen LogP contribution in [0.1, 0.15) is 17.6 Å². The van der Waals surface area contributed by atoms with Crippen LogP contribution >= 0.6 is 11.3 Å². The maximum atomic E-state index is 11.8. The second-order valence-corrected chi connectivity index (χ2v) is 5.99. The largest absolute Gasteiger partial charge is 0.314 e. The first-order valence-electron chi connectivity index (χ1n) is 6.44. The third-order valence-corrected chi connectivity index (χ3v) is 4.29. The van der Waals surface area contributed by atoms with Crippen LogP contribution in [0.5, 0.6) is 0 Å². The van der Waals surface area contributed by atoms with Crippen molar-refractivity contribution in [2.24, 2.45) is 0 Å². The molecule has 1 fully saturated rings. The normalized spacial score (nSPS) is 21.1. The number of fused-ring (bicyclic) bond motifs is 1. The Balaban J connectivity index is 1.89. The zero-order valence-electron chi connectivity index (χ0n) is 11.1. The zero-order chi connectivity index (χ0) is 13.4. The Kier molecular flexibility index (Phi) is 3.34. The maximum Gasteiger partial charge on any atom is 0.275 e. The molecule has 1 N–H and O–H groups in total. The Labute approximate surface area is 115 Å². The smallest absolute Gasteiger partial charge is 0.275 e. The molecule has 1 saturated heterocycles. The molecule has 3 heterocycles. The van der Waals surface area contributed by atoms with Crippen LogP contribution in [0.2, 0.25) is 0 Å². The number of hydrogen-bond donors (Lipinski definition) is 1. The van der Waals surface area contributed by atoms with Crippen LogP contribution < -0.4 is 10.9 Å². The number of aryl methyl sites for hydroxylation is 1. The van der Waals surface area contributed by atoms with Crippen LogP contribution in [0.25, 0.3) is 4.96 Å². The van der Waals surface area contributed by atoms with Crippen LogP contribution in [-0.4, -0.2) is 45.2 Å². The molecule has 1 aliphatic rings. The Morgan fingerprint density at radius 3 is 3.21 bits per heavy atom. The molecular formula is C12H17N5OS. The number of aromatic nitrogens is 3. The fourth-order valence-electron chi connectivity index (χ4n) is 2.32. The minimum atomic E-state index is -0.0987. The van der Waals surface area contributed by atoms with E-state index in [-0.39, 0.29) is 5.56 Å². The van der Waals surface area contributed by atoms with Crippen molar-refractivity contribution in [1.29, 1.82) is 0 Å². The average molecular weight is 279 g/mol. The Morgan fingerprint density at radius 2 is 2.42 bits per heavy atom. The highest BCUT2D eigenvalue weighted by molar-refractivity contribution is 7.16. The monoisotopic (exact) mass is 279 g/mol. The predicted octanol–water partition coefficient (Wildman–Crippen LogP) is 0.253. The molecule has 19 heavy (non-hydrogen) atoms. The molecule has 0 unspecified atom stereocenters. The number of rotatable bonds is 2. The number of nitrogens with zero attached hydrogens (tertiary/aromatic N) is 4. The SMILES string of the molecule is Cc1cc(=O)n2nc(CN3CCNC[C@@H]3C)sc2n1. The summed E-state index contributed by atoms with van der Waals surface area (Å²) in [6, 6.07) is 2.01. The van der Waals surface area contributed by atoms with Gasteiger partial charge in [0.05, 0.1) is 6.54 Å². The van der Waals surface area contributed by atoms with Crippen LogP contribution in [-0.2, 0) is 6.54 Å². The van der Waals surface area contributed by atoms with Crippen molar-refractivity contribution < 1.29 is 0 Å². The first kappa shape index (κ1) is 12.7. The van der Waals surface area contributed by atoms with Crippen molar-refractivity contribution in [1.82, 2.24) is 24.8 Å². The van der Waals surface area contributed by atoms with Gasteiger partial charge >= 0.3 is 0 Å². The van der Waals surface area contributed by atoms with Crippen LogP contribution in [0.3, 0.4) is 0 Å². The van der Waals surface area contributed by atoms with E-state index in [1.807, 2.05) is 6.92 Å². The standard InChI is InChI=1S/C12H17N5OS/c1-8-5-11(18)17-12(14-8)19-10(15-17)7-16-4-3-13-6-9(16)2/h5,9,13H,3-4,6-7H2,1-2H3/t9-/m0/s1. The van der Waals surface area contributed by atoms with E-state index in [2.05, 4.69) is 27.2 Å². The van der Waals surface area contributed by atoms with Gasteiger partial charge in [-0.15, -0.1) is 0 Å². The van der Waals surface area contributed by atoms with E-state index >= 15 is 0 Å². The maximum absolute atomic E-state index is 11.8. The van der Waals surface area contributed by atoms with Gasteiger partial charge in [-0.2, -0.15) is 9.61 Å². The number of hydrogen-bond acceptors (Lipinski definition) is 6. The second-order valence-electron chi connectivity index (χ2n) is 4.95. The lowest BCUT2D eigenvalue weighted by Crippen LogP contribution is -2.49. The lowest BCUT2D eigenvalue weighted by molar-refractivity contribution is 0.165. The third kappa shape index (κ3) is 2.54. The van der Waals surface area contributed by atoms with E-state index in [0.29, 0.717) is 11.0 Å². The van der Waals surface area contributed by atoms with Gasteiger partial charge < -0.3 is 5.32 Å². The lowest BCUT2D eigenvalue weighted by atomic mass is 10.2. The molecule has 7 heteroatoms. The van der Waals surface area contributed by atoms with Gasteiger partial charge in [-0.1, -0.05) is 11.3 Å². The molecule has 6 nitrogen and oxygen atoms in total. The van der Waals surface area contributed by atoms with Crippen molar-refractivity contribution in [3.63, 3.8) is 0 Å². The van der Waals surface area contributed by atoms with Gasteiger partial charge in [0.25, 0.3) is 5.56 Å². The van der Waals surface area contributed by atoms with E-state index in [9.17, 15) is 4.79 Å². The summed E-state index contributed by atoms with van der Waals surface area (Å²) in [5.41, 5.74) is 0.647. The summed E-state index contributed by atoms with van der Waals surface area (Å²) in [5.74, 6) is 0.